The molecule has 0 aromatic rings. The quantitative estimate of drug-likeness (QED) is 0.548. The van der Waals surface area contributed by atoms with Gasteiger partial charge in [0.15, 0.2) is 0 Å². The average Bonchev–Trinajstić information content (AvgIpc) is 2.03. The lowest BCUT2D eigenvalue weighted by Crippen LogP contribution is -2.05. The Labute approximate surface area is 72.1 Å². The first-order chi connectivity index (χ1) is 5.41. The summed E-state index contributed by atoms with van der Waals surface area (Å²) in [5.41, 5.74) is 0. The first-order valence-electron chi connectivity index (χ1n) is 3.67. The highest BCUT2D eigenvalue weighted by atomic mass is 32.2. The molecule has 0 saturated heterocycles. The normalized spacial score (nSPS) is 10.4. The molecule has 0 aromatic carbocycles. The number of ether oxygens (including phenoxy) is 2. The van der Waals surface area contributed by atoms with Gasteiger partial charge in [-0.05, 0) is 0 Å². The van der Waals surface area contributed by atoms with Crippen LogP contribution in [0.25, 0.3) is 0 Å². The summed E-state index contributed by atoms with van der Waals surface area (Å²) in [5.74, 6) is 1.75. The Bertz CT molecular complexity index is 62.7. The molecular weight excluding hydrogens is 164 g/mol. The summed E-state index contributed by atoms with van der Waals surface area (Å²) in [6, 6.07) is 0. The minimum atomic E-state index is 0.253. The molecular formula is C7H16O3S. The second kappa shape index (κ2) is 10.2. The Morgan fingerprint density at radius 2 is 2.00 bits per heavy atom. The Balaban J connectivity index is 2.69. The molecule has 0 amide bonds. The van der Waals surface area contributed by atoms with E-state index in [9.17, 15) is 0 Å². The Morgan fingerprint density at radius 3 is 2.64 bits per heavy atom. The van der Waals surface area contributed by atoms with Gasteiger partial charge in [-0.2, -0.15) is 11.8 Å². The second-order valence-electron chi connectivity index (χ2n) is 1.94. The summed E-state index contributed by atoms with van der Waals surface area (Å²) >= 11 is 1.70. The van der Waals surface area contributed by atoms with Crippen molar-refractivity contribution in [2.75, 3.05) is 45.0 Å². The Kier molecular flexibility index (Phi) is 10.4. The highest BCUT2D eigenvalue weighted by Crippen LogP contribution is 1.97. The number of hydrogen-bond acceptors (Lipinski definition) is 4. The van der Waals surface area contributed by atoms with E-state index in [0.717, 1.165) is 18.1 Å². The molecule has 0 unspecified atom stereocenters. The van der Waals surface area contributed by atoms with Gasteiger partial charge in [0.05, 0.1) is 26.4 Å². The second-order valence-corrected chi connectivity index (χ2v) is 3.17. The molecule has 0 heterocycles. The third-order valence-corrected chi connectivity index (χ3v) is 1.97. The third-order valence-electron chi connectivity index (χ3n) is 1.04. The zero-order valence-electron chi connectivity index (χ0n) is 6.91. The minimum absolute atomic E-state index is 0.253. The van der Waals surface area contributed by atoms with E-state index in [-0.39, 0.29) is 6.61 Å². The molecule has 11 heavy (non-hydrogen) atoms. The van der Waals surface area contributed by atoms with Crippen LogP contribution in [0, 0.1) is 0 Å². The molecule has 4 heteroatoms. The fraction of sp³-hybridized carbons (Fsp3) is 1.00. The molecule has 0 rings (SSSR count). The molecule has 0 saturated carbocycles. The number of hydrogen-bond donors (Lipinski definition) is 1. The summed E-state index contributed by atoms with van der Waals surface area (Å²) in [5, 5.41) is 8.43. The van der Waals surface area contributed by atoms with Crippen LogP contribution in [0.5, 0.6) is 0 Å². The van der Waals surface area contributed by atoms with Gasteiger partial charge >= 0.3 is 0 Å². The third kappa shape index (κ3) is 10.2. The molecule has 0 bridgehead atoms. The van der Waals surface area contributed by atoms with Crippen molar-refractivity contribution in [1.29, 1.82) is 0 Å². The predicted octanol–water partition coefficient (Wildman–Crippen LogP) is 0.375. The summed E-state index contributed by atoms with van der Waals surface area (Å²) in [6.07, 6.45) is 0. The first-order valence-corrected chi connectivity index (χ1v) is 4.82. The predicted molar refractivity (Wildman–Crippen MR) is 47.1 cm³/mol. The average molecular weight is 180 g/mol. The maximum absolute atomic E-state index is 8.43. The van der Waals surface area contributed by atoms with E-state index in [1.807, 2.05) is 0 Å². The molecule has 0 atom stereocenters. The van der Waals surface area contributed by atoms with Gasteiger partial charge in [-0.1, -0.05) is 0 Å². The van der Waals surface area contributed by atoms with E-state index in [1.165, 1.54) is 0 Å². The monoisotopic (exact) mass is 180 g/mol. The number of rotatable bonds is 8. The van der Waals surface area contributed by atoms with Gasteiger partial charge in [0.25, 0.3) is 0 Å². The van der Waals surface area contributed by atoms with Crippen LogP contribution in [-0.2, 0) is 9.47 Å². The first kappa shape index (κ1) is 11.2. The fourth-order valence-corrected chi connectivity index (χ4v) is 1.10. The summed E-state index contributed by atoms with van der Waals surface area (Å²) in [6.45, 7) is 2.32. The van der Waals surface area contributed by atoms with Gasteiger partial charge in [-0.3, -0.25) is 0 Å². The van der Waals surface area contributed by atoms with E-state index in [4.69, 9.17) is 14.6 Å². The van der Waals surface area contributed by atoms with Crippen LogP contribution in [0.15, 0.2) is 0 Å². The van der Waals surface area contributed by atoms with Gasteiger partial charge < -0.3 is 14.6 Å². The van der Waals surface area contributed by atoms with Crippen molar-refractivity contribution in [3.05, 3.63) is 0 Å². The maximum Gasteiger partial charge on any atom is 0.0700 e. The van der Waals surface area contributed by atoms with Crippen LogP contribution in [0.3, 0.4) is 0 Å². The fourth-order valence-electron chi connectivity index (χ4n) is 0.529. The molecule has 0 spiro atoms. The van der Waals surface area contributed by atoms with E-state index in [2.05, 4.69) is 0 Å². The van der Waals surface area contributed by atoms with Crippen molar-refractivity contribution in [1.82, 2.24) is 0 Å². The minimum Gasteiger partial charge on any atom is -0.396 e. The molecule has 0 aromatic heterocycles. The van der Waals surface area contributed by atoms with Gasteiger partial charge in [0.2, 0.25) is 0 Å². The van der Waals surface area contributed by atoms with Crippen molar-refractivity contribution < 1.29 is 14.6 Å². The van der Waals surface area contributed by atoms with Gasteiger partial charge in [0.1, 0.15) is 0 Å². The smallest absolute Gasteiger partial charge is 0.0700 e. The van der Waals surface area contributed by atoms with E-state index >= 15 is 0 Å². The summed E-state index contributed by atoms with van der Waals surface area (Å²) in [7, 11) is 1.66. The van der Waals surface area contributed by atoms with E-state index < -0.39 is 0 Å². The van der Waals surface area contributed by atoms with Crippen LogP contribution in [0.2, 0.25) is 0 Å². The highest BCUT2D eigenvalue weighted by molar-refractivity contribution is 7.99. The van der Waals surface area contributed by atoms with Crippen LogP contribution in [0.4, 0.5) is 0 Å². The number of aliphatic hydroxyl groups is 1. The lowest BCUT2D eigenvalue weighted by molar-refractivity contribution is 0.0790. The lowest BCUT2D eigenvalue weighted by atomic mass is 10.7. The number of thioether (sulfide) groups is 1. The Hall–Kier alpha value is 0.230. The van der Waals surface area contributed by atoms with Gasteiger partial charge in [0, 0.05) is 18.6 Å². The summed E-state index contributed by atoms with van der Waals surface area (Å²) in [4.78, 5) is 0. The van der Waals surface area contributed by atoms with Crippen molar-refractivity contribution in [2.24, 2.45) is 0 Å². The van der Waals surface area contributed by atoms with Crippen molar-refractivity contribution in [2.45, 2.75) is 0 Å². The number of aliphatic hydroxyl groups excluding tert-OH is 1. The molecule has 68 valence electrons. The van der Waals surface area contributed by atoms with Crippen LogP contribution in [0.1, 0.15) is 0 Å². The molecule has 0 radical (unpaired) electrons. The highest BCUT2D eigenvalue weighted by Gasteiger charge is 1.88. The van der Waals surface area contributed by atoms with Crippen molar-refractivity contribution in [3.8, 4) is 0 Å². The van der Waals surface area contributed by atoms with E-state index in [0.29, 0.717) is 13.2 Å². The Morgan fingerprint density at radius 1 is 1.18 bits per heavy atom. The standard InChI is InChI=1S/C7H16O3S/c1-9-3-4-10-5-7-11-6-2-8/h8H,2-7H2,1H3. The van der Waals surface area contributed by atoms with Crippen LogP contribution in [-0.4, -0.2) is 50.1 Å². The molecule has 0 aliphatic carbocycles. The largest absolute Gasteiger partial charge is 0.396 e. The molecule has 0 fully saturated rings. The van der Waals surface area contributed by atoms with Gasteiger partial charge in [-0.25, -0.2) is 0 Å². The molecule has 0 aliphatic heterocycles. The summed E-state index contributed by atoms with van der Waals surface area (Å²) < 4.78 is 9.99. The van der Waals surface area contributed by atoms with Crippen molar-refractivity contribution >= 4 is 11.8 Å². The molecule has 3 nitrogen and oxygen atoms in total. The zero-order valence-corrected chi connectivity index (χ0v) is 7.73. The number of methoxy groups -OCH3 is 1. The van der Waals surface area contributed by atoms with Gasteiger partial charge in [-0.15, -0.1) is 0 Å². The molecule has 1 N–H and O–H groups in total. The van der Waals surface area contributed by atoms with E-state index in [1.54, 1.807) is 18.9 Å². The maximum atomic E-state index is 8.43. The van der Waals surface area contributed by atoms with Crippen LogP contribution >= 0.6 is 11.8 Å². The topological polar surface area (TPSA) is 38.7 Å². The van der Waals surface area contributed by atoms with Crippen LogP contribution < -0.4 is 0 Å². The zero-order chi connectivity index (χ0) is 8.36. The van der Waals surface area contributed by atoms with Crippen molar-refractivity contribution in [3.63, 3.8) is 0 Å². The molecule has 0 aliphatic rings. The SMILES string of the molecule is COCCOCCSCCO. The lowest BCUT2D eigenvalue weighted by Gasteiger charge is -2.01.